The smallest absolute Gasteiger partial charge is 0.101 e. The summed E-state index contributed by atoms with van der Waals surface area (Å²) >= 11 is 0. The van der Waals surface area contributed by atoms with Crippen molar-refractivity contribution >= 4 is 0 Å². The molecule has 0 unspecified atom stereocenters. The predicted octanol–water partition coefficient (Wildman–Crippen LogP) is 3.38. The second-order valence-corrected chi connectivity index (χ2v) is 4.94. The number of benzene rings is 1. The molecule has 0 aliphatic carbocycles. The Kier molecular flexibility index (Phi) is 8.45. The molecule has 0 aliphatic heterocycles. The minimum Gasteiger partial charge on any atom is -0.348 e. The summed E-state index contributed by atoms with van der Waals surface area (Å²) in [5, 5.41) is 2.33. The van der Waals surface area contributed by atoms with Gasteiger partial charge in [-0.2, -0.15) is 30.3 Å². The molecule has 112 valence electrons. The van der Waals surface area contributed by atoms with Crippen molar-refractivity contribution < 1.29 is 22.4 Å². The summed E-state index contributed by atoms with van der Waals surface area (Å²) < 4.78 is 0. The minimum absolute atomic E-state index is 0. The van der Waals surface area contributed by atoms with Gasteiger partial charge in [0.2, 0.25) is 0 Å². The third-order valence-electron chi connectivity index (χ3n) is 3.17. The zero-order valence-electron chi connectivity index (χ0n) is 12.4. The van der Waals surface area contributed by atoms with E-state index < -0.39 is 0 Å². The average Bonchev–Trinajstić information content (AvgIpc) is 3.16. The van der Waals surface area contributed by atoms with Crippen molar-refractivity contribution in [2.75, 3.05) is 0 Å². The molecule has 21 heavy (non-hydrogen) atoms. The number of hydrogen-bond donors (Lipinski definition) is 1. The van der Waals surface area contributed by atoms with Gasteiger partial charge in [0.1, 0.15) is 6.54 Å². The predicted molar refractivity (Wildman–Crippen MR) is 84.6 cm³/mol. The maximum absolute atomic E-state index is 2.33. The van der Waals surface area contributed by atoms with E-state index in [0.29, 0.717) is 0 Å². The Labute approximate surface area is 138 Å². The average molecular weight is 320 g/mol. The number of nitrogens with two attached hydrogens (primary N) is 1. The van der Waals surface area contributed by atoms with E-state index in [4.69, 9.17) is 0 Å². The molecular weight excluding hydrogens is 298 g/mol. The molecule has 3 aromatic carbocycles. The van der Waals surface area contributed by atoms with Gasteiger partial charge in [0, 0.05) is 22.6 Å². The van der Waals surface area contributed by atoms with Gasteiger partial charge in [0.05, 0.1) is 6.54 Å². The molecule has 1 nitrogen and oxygen atoms in total. The van der Waals surface area contributed by atoms with Gasteiger partial charge in [0.15, 0.2) is 0 Å². The molecule has 0 aromatic heterocycles. The van der Waals surface area contributed by atoms with E-state index in [1.54, 1.807) is 0 Å². The zero-order chi connectivity index (χ0) is 14.0. The molecule has 3 aromatic rings. The molecular formula is C19H22FeN-. The van der Waals surface area contributed by atoms with Gasteiger partial charge in [-0.05, 0) is 6.92 Å². The van der Waals surface area contributed by atoms with Crippen LogP contribution in [0.1, 0.15) is 16.7 Å². The molecule has 0 amide bonds. The van der Waals surface area contributed by atoms with E-state index in [-0.39, 0.29) is 17.1 Å². The monoisotopic (exact) mass is 320 g/mol. The third-order valence-corrected chi connectivity index (χ3v) is 3.17. The van der Waals surface area contributed by atoms with Gasteiger partial charge in [-0.25, -0.2) is 24.3 Å². The fourth-order valence-corrected chi connectivity index (χ4v) is 2.00. The van der Waals surface area contributed by atoms with E-state index in [2.05, 4.69) is 60.8 Å². The summed E-state index contributed by atoms with van der Waals surface area (Å²) in [6.07, 6.45) is 0. The summed E-state index contributed by atoms with van der Waals surface area (Å²) in [5.74, 6) is 0. The molecule has 0 radical (unpaired) electrons. The van der Waals surface area contributed by atoms with E-state index in [9.17, 15) is 0 Å². The molecule has 2 N–H and O–H groups in total. The molecule has 0 fully saturated rings. The van der Waals surface area contributed by atoms with Gasteiger partial charge in [-0.15, -0.1) is 5.56 Å². The second kappa shape index (κ2) is 10.2. The Morgan fingerprint density at radius 3 is 2.10 bits per heavy atom. The van der Waals surface area contributed by atoms with Crippen molar-refractivity contribution in [2.24, 2.45) is 0 Å². The van der Waals surface area contributed by atoms with Gasteiger partial charge < -0.3 is 5.32 Å². The van der Waals surface area contributed by atoms with Crippen LogP contribution in [0.15, 0.2) is 78.9 Å². The first kappa shape index (κ1) is 17.5. The molecule has 0 saturated carbocycles. The molecule has 0 spiro atoms. The van der Waals surface area contributed by atoms with E-state index in [0.717, 1.165) is 13.1 Å². The first-order valence-electron chi connectivity index (χ1n) is 7.09. The summed E-state index contributed by atoms with van der Waals surface area (Å²) in [6, 6.07) is 27.3. The quantitative estimate of drug-likeness (QED) is 0.561. The third kappa shape index (κ3) is 7.10. The van der Waals surface area contributed by atoms with Crippen molar-refractivity contribution in [1.29, 1.82) is 0 Å². The SMILES string of the molecule is Cc1ccc(C[NH2+]C[c-]2cccc2)cc1.[Fe].c1cc[cH-]c1. The van der Waals surface area contributed by atoms with Crippen LogP contribution >= 0.6 is 0 Å². The summed E-state index contributed by atoms with van der Waals surface area (Å²) in [5.41, 5.74) is 4.13. The normalized spacial score (nSPS) is 9.38. The van der Waals surface area contributed by atoms with Gasteiger partial charge in [-0.1, -0.05) is 29.8 Å². The number of aryl methyl sites for hydroxylation is 1. The first-order valence-corrected chi connectivity index (χ1v) is 7.09. The summed E-state index contributed by atoms with van der Waals surface area (Å²) in [4.78, 5) is 0. The van der Waals surface area contributed by atoms with Crippen LogP contribution in [0.3, 0.4) is 0 Å². The maximum atomic E-state index is 2.33. The Bertz CT molecular complexity index is 533. The van der Waals surface area contributed by atoms with Gasteiger partial charge in [-0.3, -0.25) is 0 Å². The zero-order valence-corrected chi connectivity index (χ0v) is 13.5. The fourth-order valence-electron chi connectivity index (χ4n) is 2.00. The van der Waals surface area contributed by atoms with Crippen LogP contribution in [0, 0.1) is 6.92 Å². The van der Waals surface area contributed by atoms with E-state index in [1.165, 1.54) is 16.7 Å². The molecule has 0 aliphatic rings. The standard InChI is InChI=1S/C14H16N.C5H5.Fe/c1-12-6-8-14(9-7-12)11-15-10-13-4-2-3-5-13;1-2-4-5-3-1;/h2-9,15H,10-11H2,1H3;1-5H;/q2*-1;/p+1. The molecule has 0 heterocycles. The Hall–Kier alpha value is -1.60. The van der Waals surface area contributed by atoms with Crippen LogP contribution in [-0.2, 0) is 30.2 Å². The molecule has 0 saturated heterocycles. The van der Waals surface area contributed by atoms with Crippen LogP contribution in [0.5, 0.6) is 0 Å². The Morgan fingerprint density at radius 1 is 0.952 bits per heavy atom. The van der Waals surface area contributed by atoms with Crippen molar-refractivity contribution in [3.63, 3.8) is 0 Å². The number of quaternary nitrogens is 1. The van der Waals surface area contributed by atoms with Crippen molar-refractivity contribution in [3.8, 4) is 0 Å². The van der Waals surface area contributed by atoms with Crippen molar-refractivity contribution in [3.05, 3.63) is 95.6 Å². The van der Waals surface area contributed by atoms with E-state index in [1.807, 2.05) is 30.3 Å². The van der Waals surface area contributed by atoms with Crippen LogP contribution in [0.25, 0.3) is 0 Å². The van der Waals surface area contributed by atoms with Gasteiger partial charge in [0.25, 0.3) is 0 Å². The number of rotatable bonds is 4. The van der Waals surface area contributed by atoms with Crippen LogP contribution in [0.4, 0.5) is 0 Å². The van der Waals surface area contributed by atoms with Gasteiger partial charge >= 0.3 is 0 Å². The van der Waals surface area contributed by atoms with E-state index >= 15 is 0 Å². The molecule has 0 bridgehead atoms. The minimum atomic E-state index is 0. The molecule has 2 heteroatoms. The Morgan fingerprint density at radius 2 is 1.57 bits per heavy atom. The van der Waals surface area contributed by atoms with Crippen LogP contribution < -0.4 is 5.32 Å². The first-order chi connectivity index (χ1) is 9.84. The summed E-state index contributed by atoms with van der Waals surface area (Å²) in [7, 11) is 0. The van der Waals surface area contributed by atoms with Crippen molar-refractivity contribution in [1.82, 2.24) is 0 Å². The molecule has 3 rings (SSSR count). The summed E-state index contributed by atoms with van der Waals surface area (Å²) in [6.45, 7) is 4.25. The van der Waals surface area contributed by atoms with Crippen LogP contribution in [0.2, 0.25) is 0 Å². The maximum Gasteiger partial charge on any atom is 0.101 e. The number of hydrogen-bond acceptors (Lipinski definition) is 0. The fraction of sp³-hybridized carbons (Fsp3) is 0.158. The Balaban J connectivity index is 0.000000313. The largest absolute Gasteiger partial charge is 0.348 e. The van der Waals surface area contributed by atoms with Crippen molar-refractivity contribution in [2.45, 2.75) is 20.0 Å². The second-order valence-electron chi connectivity index (χ2n) is 4.94. The molecule has 0 atom stereocenters. The van der Waals surface area contributed by atoms with Crippen LogP contribution in [-0.4, -0.2) is 0 Å². The topological polar surface area (TPSA) is 16.6 Å².